The lowest BCUT2D eigenvalue weighted by Crippen LogP contribution is -2.28. The molecule has 14 heavy (non-hydrogen) atoms. The fourth-order valence-corrected chi connectivity index (χ4v) is 1.48. The van der Waals surface area contributed by atoms with Gasteiger partial charge in [-0.05, 0) is 25.1 Å². The van der Waals surface area contributed by atoms with E-state index in [1.54, 1.807) is 12.1 Å². The van der Waals surface area contributed by atoms with E-state index in [9.17, 15) is 4.39 Å². The highest BCUT2D eigenvalue weighted by molar-refractivity contribution is 6.31. The van der Waals surface area contributed by atoms with Crippen LogP contribution in [0.15, 0.2) is 18.2 Å². The molecule has 0 spiro atoms. The van der Waals surface area contributed by atoms with Gasteiger partial charge in [-0.25, -0.2) is 4.39 Å². The lowest BCUT2D eigenvalue weighted by molar-refractivity contribution is 0.628. The molecule has 0 aliphatic carbocycles. The summed E-state index contributed by atoms with van der Waals surface area (Å²) in [7, 11) is 0. The van der Waals surface area contributed by atoms with E-state index in [1.165, 1.54) is 6.07 Å². The van der Waals surface area contributed by atoms with E-state index in [1.807, 2.05) is 11.8 Å². The van der Waals surface area contributed by atoms with Crippen LogP contribution in [0.5, 0.6) is 0 Å². The van der Waals surface area contributed by atoms with Crippen LogP contribution in [0.2, 0.25) is 5.02 Å². The Bertz CT molecular complexity index is 304. The molecule has 2 N–H and O–H groups in total. The summed E-state index contributed by atoms with van der Waals surface area (Å²) in [4.78, 5) is 2.05. The maximum Gasteiger partial charge on any atom is 0.141 e. The summed E-state index contributed by atoms with van der Waals surface area (Å²) in [6.45, 7) is 4.17. The minimum Gasteiger partial charge on any atom is -0.371 e. The molecule has 0 fully saturated rings. The molecule has 1 aromatic carbocycles. The number of likely N-dealkylation sites (N-methyl/N-ethyl adjacent to an activating group) is 1. The molecule has 0 unspecified atom stereocenters. The van der Waals surface area contributed by atoms with Gasteiger partial charge in [0, 0.05) is 25.3 Å². The third-order valence-electron chi connectivity index (χ3n) is 2.05. The predicted octanol–water partition coefficient (Wildman–Crippen LogP) is 2.26. The van der Waals surface area contributed by atoms with E-state index >= 15 is 0 Å². The Balaban J connectivity index is 2.88. The van der Waals surface area contributed by atoms with E-state index in [0.29, 0.717) is 6.54 Å². The van der Waals surface area contributed by atoms with Crippen LogP contribution in [-0.2, 0) is 0 Å². The maximum absolute atomic E-state index is 12.9. The lowest BCUT2D eigenvalue weighted by atomic mass is 10.2. The first-order valence-electron chi connectivity index (χ1n) is 4.59. The van der Waals surface area contributed by atoms with E-state index in [4.69, 9.17) is 17.3 Å². The van der Waals surface area contributed by atoms with Crippen LogP contribution < -0.4 is 10.6 Å². The third-order valence-corrected chi connectivity index (χ3v) is 2.34. The zero-order valence-electron chi connectivity index (χ0n) is 8.13. The normalized spacial score (nSPS) is 10.3. The van der Waals surface area contributed by atoms with Crippen molar-refractivity contribution in [3.05, 3.63) is 29.0 Å². The summed E-state index contributed by atoms with van der Waals surface area (Å²) < 4.78 is 12.9. The second kappa shape index (κ2) is 5.17. The average Bonchev–Trinajstić information content (AvgIpc) is 2.19. The molecule has 1 rings (SSSR count). The number of nitrogens with zero attached hydrogens (tertiary/aromatic N) is 1. The molecule has 2 nitrogen and oxygen atoms in total. The fraction of sp³-hybridized carbons (Fsp3) is 0.400. The van der Waals surface area contributed by atoms with Gasteiger partial charge in [0.25, 0.3) is 0 Å². The van der Waals surface area contributed by atoms with Crippen molar-refractivity contribution in [3.8, 4) is 0 Å². The number of rotatable bonds is 4. The highest BCUT2D eigenvalue weighted by atomic mass is 35.5. The molecular weight excluding hydrogens is 203 g/mol. The zero-order valence-corrected chi connectivity index (χ0v) is 8.89. The Hall–Kier alpha value is -0.800. The third kappa shape index (κ3) is 2.59. The van der Waals surface area contributed by atoms with Gasteiger partial charge in [0.2, 0.25) is 0 Å². The first-order chi connectivity index (χ1) is 6.69. The summed E-state index contributed by atoms with van der Waals surface area (Å²) in [6, 6.07) is 4.70. The number of anilines is 1. The first-order valence-corrected chi connectivity index (χ1v) is 4.97. The minimum absolute atomic E-state index is 0.151. The molecule has 0 atom stereocenters. The number of hydrogen-bond donors (Lipinski definition) is 1. The van der Waals surface area contributed by atoms with Crippen LogP contribution in [0.4, 0.5) is 10.1 Å². The molecule has 0 aliphatic rings. The lowest BCUT2D eigenvalue weighted by Gasteiger charge is -2.22. The Morgan fingerprint density at radius 2 is 2.21 bits per heavy atom. The number of halogens is 2. The smallest absolute Gasteiger partial charge is 0.141 e. The average molecular weight is 217 g/mol. The quantitative estimate of drug-likeness (QED) is 0.837. The van der Waals surface area contributed by atoms with Gasteiger partial charge >= 0.3 is 0 Å². The van der Waals surface area contributed by atoms with Crippen molar-refractivity contribution >= 4 is 17.3 Å². The van der Waals surface area contributed by atoms with Crippen LogP contribution in [0.1, 0.15) is 6.92 Å². The molecule has 0 saturated heterocycles. The Labute approximate surface area is 88.5 Å². The standard InChI is InChI=1S/C10H14ClFN2/c1-2-14(6-5-13)8-3-4-10(12)9(11)7-8/h3-4,7H,2,5-6,13H2,1H3. The van der Waals surface area contributed by atoms with Crippen molar-refractivity contribution in [1.82, 2.24) is 0 Å². The van der Waals surface area contributed by atoms with Crippen molar-refractivity contribution in [2.45, 2.75) is 6.92 Å². The highest BCUT2D eigenvalue weighted by Gasteiger charge is 2.06. The number of hydrogen-bond acceptors (Lipinski definition) is 2. The van der Waals surface area contributed by atoms with Gasteiger partial charge in [-0.1, -0.05) is 11.6 Å². The molecule has 78 valence electrons. The summed E-state index contributed by atoms with van der Waals surface area (Å²) in [6.07, 6.45) is 0. The van der Waals surface area contributed by atoms with Crippen LogP contribution >= 0.6 is 11.6 Å². The van der Waals surface area contributed by atoms with E-state index in [0.717, 1.165) is 18.8 Å². The molecule has 0 aliphatic heterocycles. The molecule has 4 heteroatoms. The van der Waals surface area contributed by atoms with E-state index < -0.39 is 0 Å². The van der Waals surface area contributed by atoms with Crippen molar-refractivity contribution < 1.29 is 4.39 Å². The van der Waals surface area contributed by atoms with Gasteiger partial charge in [0.1, 0.15) is 5.82 Å². The van der Waals surface area contributed by atoms with Crippen molar-refractivity contribution in [2.75, 3.05) is 24.5 Å². The van der Waals surface area contributed by atoms with Crippen LogP contribution in [0, 0.1) is 5.82 Å². The highest BCUT2D eigenvalue weighted by Crippen LogP contribution is 2.22. The Morgan fingerprint density at radius 3 is 2.71 bits per heavy atom. The molecule has 0 aromatic heterocycles. The zero-order chi connectivity index (χ0) is 10.6. The fourth-order valence-electron chi connectivity index (χ4n) is 1.31. The molecule has 0 saturated carbocycles. The molecule has 0 heterocycles. The first kappa shape index (κ1) is 11.3. The molecule has 1 aromatic rings. The van der Waals surface area contributed by atoms with Crippen LogP contribution in [0.3, 0.4) is 0 Å². The topological polar surface area (TPSA) is 29.3 Å². The van der Waals surface area contributed by atoms with Crippen LogP contribution in [-0.4, -0.2) is 19.6 Å². The molecular formula is C10H14ClFN2. The van der Waals surface area contributed by atoms with Crippen molar-refractivity contribution in [1.29, 1.82) is 0 Å². The molecule has 0 radical (unpaired) electrons. The number of benzene rings is 1. The van der Waals surface area contributed by atoms with Crippen molar-refractivity contribution in [3.63, 3.8) is 0 Å². The second-order valence-corrected chi connectivity index (χ2v) is 3.37. The monoisotopic (exact) mass is 216 g/mol. The second-order valence-electron chi connectivity index (χ2n) is 2.97. The summed E-state index contributed by atoms with van der Waals surface area (Å²) >= 11 is 5.68. The van der Waals surface area contributed by atoms with Gasteiger partial charge in [-0.15, -0.1) is 0 Å². The Morgan fingerprint density at radius 1 is 1.50 bits per heavy atom. The molecule has 0 amide bonds. The summed E-state index contributed by atoms with van der Waals surface area (Å²) in [5.41, 5.74) is 6.37. The van der Waals surface area contributed by atoms with Gasteiger partial charge < -0.3 is 10.6 Å². The molecule has 0 bridgehead atoms. The largest absolute Gasteiger partial charge is 0.371 e. The summed E-state index contributed by atoms with van der Waals surface area (Å²) in [5, 5.41) is 0.151. The SMILES string of the molecule is CCN(CCN)c1ccc(F)c(Cl)c1. The maximum atomic E-state index is 12.9. The van der Waals surface area contributed by atoms with Crippen molar-refractivity contribution in [2.24, 2.45) is 5.73 Å². The summed E-state index contributed by atoms with van der Waals surface area (Å²) in [5.74, 6) is -0.390. The minimum atomic E-state index is -0.390. The van der Waals surface area contributed by atoms with Gasteiger partial charge in [0.15, 0.2) is 0 Å². The Kier molecular flexibility index (Phi) is 4.17. The number of nitrogens with two attached hydrogens (primary N) is 1. The van der Waals surface area contributed by atoms with E-state index in [2.05, 4.69) is 0 Å². The van der Waals surface area contributed by atoms with Gasteiger partial charge in [-0.3, -0.25) is 0 Å². The van der Waals surface area contributed by atoms with E-state index in [-0.39, 0.29) is 10.8 Å². The van der Waals surface area contributed by atoms with Gasteiger partial charge in [-0.2, -0.15) is 0 Å². The predicted molar refractivity (Wildman–Crippen MR) is 58.4 cm³/mol. The van der Waals surface area contributed by atoms with Gasteiger partial charge in [0.05, 0.1) is 5.02 Å². The van der Waals surface area contributed by atoms with Crippen LogP contribution in [0.25, 0.3) is 0 Å².